The van der Waals surface area contributed by atoms with E-state index in [4.69, 9.17) is 0 Å². The van der Waals surface area contributed by atoms with E-state index >= 15 is 0 Å². The van der Waals surface area contributed by atoms with Crippen molar-refractivity contribution in [2.45, 2.75) is 26.7 Å². The predicted molar refractivity (Wildman–Crippen MR) is 102 cm³/mol. The molecule has 0 spiro atoms. The van der Waals surface area contributed by atoms with Gasteiger partial charge in [0.2, 0.25) is 5.91 Å². The number of carbonyl (C=O) groups is 2. The van der Waals surface area contributed by atoms with E-state index in [0.29, 0.717) is 5.69 Å². The molecular formula is C19H17FN4O4. The van der Waals surface area contributed by atoms with E-state index in [9.17, 15) is 24.1 Å². The average Bonchev–Trinajstić information content (AvgIpc) is 2.65. The highest BCUT2D eigenvalue weighted by atomic mass is 19.1. The van der Waals surface area contributed by atoms with Gasteiger partial charge in [-0.25, -0.2) is 9.40 Å². The maximum atomic E-state index is 13.9. The molecule has 28 heavy (non-hydrogen) atoms. The van der Waals surface area contributed by atoms with Gasteiger partial charge in [-0.1, -0.05) is 12.1 Å². The molecule has 0 unspecified atom stereocenters. The lowest BCUT2D eigenvalue weighted by molar-refractivity contribution is -0.384. The summed E-state index contributed by atoms with van der Waals surface area (Å²) >= 11 is 0. The van der Waals surface area contributed by atoms with Gasteiger partial charge in [0.15, 0.2) is 0 Å². The van der Waals surface area contributed by atoms with Crippen LogP contribution in [0.5, 0.6) is 0 Å². The second kappa shape index (κ2) is 7.55. The molecule has 0 aromatic heterocycles. The highest BCUT2D eigenvalue weighted by Gasteiger charge is 2.27. The van der Waals surface area contributed by atoms with Crippen molar-refractivity contribution in [1.29, 1.82) is 0 Å². The number of nitro groups is 1. The molecule has 2 aromatic rings. The summed E-state index contributed by atoms with van der Waals surface area (Å²) in [6.07, 6.45) is 0.152. The van der Waals surface area contributed by atoms with Crippen molar-refractivity contribution in [1.82, 2.24) is 0 Å². The molecule has 0 bridgehead atoms. The van der Waals surface area contributed by atoms with E-state index in [1.807, 2.05) is 26.0 Å². The first-order valence-electron chi connectivity index (χ1n) is 8.49. The molecule has 9 heteroatoms. The number of nitro benzene ring substituents is 1. The summed E-state index contributed by atoms with van der Waals surface area (Å²) in [5.74, 6) is -1.79. The minimum absolute atomic E-state index is 0.0337. The smallest absolute Gasteiger partial charge is 0.271 e. The molecule has 2 aromatic carbocycles. The number of rotatable bonds is 4. The summed E-state index contributed by atoms with van der Waals surface area (Å²) in [4.78, 5) is 35.0. The first kappa shape index (κ1) is 19.2. The number of hydrogen-bond acceptors (Lipinski definition) is 5. The Bertz CT molecular complexity index is 1020. The number of aryl methyl sites for hydroxylation is 2. The monoisotopic (exact) mass is 384 g/mol. The van der Waals surface area contributed by atoms with Gasteiger partial charge in [0.1, 0.15) is 11.5 Å². The molecule has 0 atom stereocenters. The molecule has 0 fully saturated rings. The molecule has 1 aliphatic rings. The lowest BCUT2D eigenvalue weighted by atomic mass is 10.1. The van der Waals surface area contributed by atoms with Gasteiger partial charge in [-0.05, 0) is 37.1 Å². The molecule has 0 radical (unpaired) electrons. The fraction of sp³-hybridized carbons (Fsp3) is 0.211. The fourth-order valence-corrected chi connectivity index (χ4v) is 2.77. The van der Waals surface area contributed by atoms with Crippen LogP contribution in [-0.4, -0.2) is 22.4 Å². The van der Waals surface area contributed by atoms with Crippen LogP contribution in [0.25, 0.3) is 0 Å². The lowest BCUT2D eigenvalue weighted by Gasteiger charge is -2.24. The minimum atomic E-state index is -0.808. The number of nitrogens with zero attached hydrogens (tertiary/aromatic N) is 3. The summed E-state index contributed by atoms with van der Waals surface area (Å²) in [7, 11) is 0. The predicted octanol–water partition coefficient (Wildman–Crippen LogP) is 3.47. The number of anilines is 2. The number of non-ortho nitro benzene ring substituents is 1. The molecule has 0 aliphatic carbocycles. The van der Waals surface area contributed by atoms with Crippen molar-refractivity contribution in [2.24, 2.45) is 5.10 Å². The Morgan fingerprint density at radius 3 is 2.68 bits per heavy atom. The Kier molecular flexibility index (Phi) is 5.16. The molecular weight excluding hydrogens is 367 g/mol. The molecule has 1 aliphatic heterocycles. The maximum absolute atomic E-state index is 13.9. The zero-order valence-corrected chi connectivity index (χ0v) is 15.2. The summed E-state index contributed by atoms with van der Waals surface area (Å²) in [5.41, 5.74) is 1.67. The van der Waals surface area contributed by atoms with E-state index in [1.54, 1.807) is 6.07 Å². The van der Waals surface area contributed by atoms with Crippen LogP contribution in [0.3, 0.4) is 0 Å². The van der Waals surface area contributed by atoms with Crippen molar-refractivity contribution in [3.63, 3.8) is 0 Å². The number of hydrazone groups is 1. The summed E-state index contributed by atoms with van der Waals surface area (Å²) in [5, 5.41) is 18.5. The summed E-state index contributed by atoms with van der Waals surface area (Å²) in [6, 6.07) is 8.38. The standard InChI is InChI=1S/C19H17FN4O4/c1-11-3-4-12(2)17(9-11)23-18(25)8-7-15(22-23)19(26)21-16-10-13(24(27)28)5-6-14(16)20/h3-6,9-10H,7-8H2,1-2H3,(H,21,26). The Morgan fingerprint density at radius 2 is 1.96 bits per heavy atom. The third-order valence-corrected chi connectivity index (χ3v) is 4.30. The van der Waals surface area contributed by atoms with Gasteiger partial charge < -0.3 is 5.32 Å². The second-order valence-corrected chi connectivity index (χ2v) is 6.42. The number of nitrogens with one attached hydrogen (secondary N) is 1. The largest absolute Gasteiger partial charge is 0.318 e. The minimum Gasteiger partial charge on any atom is -0.318 e. The van der Waals surface area contributed by atoms with Crippen LogP contribution in [0.4, 0.5) is 21.5 Å². The fourth-order valence-electron chi connectivity index (χ4n) is 2.77. The maximum Gasteiger partial charge on any atom is 0.271 e. The van der Waals surface area contributed by atoms with Crippen LogP contribution >= 0.6 is 0 Å². The van der Waals surface area contributed by atoms with E-state index in [1.165, 1.54) is 5.01 Å². The Labute approximate surface area is 159 Å². The number of hydrogen-bond donors (Lipinski definition) is 1. The third kappa shape index (κ3) is 3.88. The molecule has 1 N–H and O–H groups in total. The topological polar surface area (TPSA) is 105 Å². The van der Waals surface area contributed by atoms with Gasteiger partial charge in [0, 0.05) is 25.0 Å². The summed E-state index contributed by atoms with van der Waals surface area (Å²) in [6.45, 7) is 3.70. The number of benzene rings is 2. The quantitative estimate of drug-likeness (QED) is 0.643. The van der Waals surface area contributed by atoms with Crippen LogP contribution in [0.2, 0.25) is 0 Å². The number of halogens is 1. The first-order valence-corrected chi connectivity index (χ1v) is 8.49. The van der Waals surface area contributed by atoms with Crippen molar-refractivity contribution < 1.29 is 18.9 Å². The number of amides is 2. The SMILES string of the molecule is Cc1ccc(C)c(N2N=C(C(=O)Nc3cc([N+](=O)[O-])ccc3F)CCC2=O)c1. The van der Waals surface area contributed by atoms with Crippen molar-refractivity contribution >= 4 is 34.6 Å². The Hall–Kier alpha value is -3.62. The van der Waals surface area contributed by atoms with E-state index in [-0.39, 0.29) is 35.8 Å². The van der Waals surface area contributed by atoms with Crippen LogP contribution in [0, 0.1) is 29.8 Å². The Balaban J connectivity index is 1.90. The molecule has 1 heterocycles. The van der Waals surface area contributed by atoms with Gasteiger partial charge in [-0.3, -0.25) is 19.7 Å². The number of carbonyl (C=O) groups excluding carboxylic acids is 2. The molecule has 2 amide bonds. The van der Waals surface area contributed by atoms with Crippen LogP contribution in [0.15, 0.2) is 41.5 Å². The molecule has 8 nitrogen and oxygen atoms in total. The third-order valence-electron chi connectivity index (χ3n) is 4.30. The molecule has 3 rings (SSSR count). The van der Waals surface area contributed by atoms with Crippen molar-refractivity contribution in [3.05, 3.63) is 63.5 Å². The molecule has 0 saturated carbocycles. The second-order valence-electron chi connectivity index (χ2n) is 6.42. The zero-order chi connectivity index (χ0) is 20.4. The highest BCUT2D eigenvalue weighted by molar-refractivity contribution is 6.44. The van der Waals surface area contributed by atoms with Crippen LogP contribution in [-0.2, 0) is 9.59 Å². The highest BCUT2D eigenvalue weighted by Crippen LogP contribution is 2.26. The average molecular weight is 384 g/mol. The van der Waals surface area contributed by atoms with Gasteiger partial charge in [-0.15, -0.1) is 0 Å². The first-order chi connectivity index (χ1) is 13.3. The van der Waals surface area contributed by atoms with Gasteiger partial charge in [-0.2, -0.15) is 5.10 Å². The van der Waals surface area contributed by atoms with Crippen molar-refractivity contribution in [2.75, 3.05) is 10.3 Å². The van der Waals surface area contributed by atoms with Gasteiger partial charge in [0.05, 0.1) is 16.3 Å². The van der Waals surface area contributed by atoms with Crippen LogP contribution in [0.1, 0.15) is 24.0 Å². The van der Waals surface area contributed by atoms with E-state index < -0.39 is 16.6 Å². The van der Waals surface area contributed by atoms with Crippen LogP contribution < -0.4 is 10.3 Å². The molecule has 0 saturated heterocycles. The normalized spacial score (nSPS) is 13.9. The van der Waals surface area contributed by atoms with E-state index in [0.717, 1.165) is 29.3 Å². The van der Waals surface area contributed by atoms with Gasteiger partial charge in [0.25, 0.3) is 11.6 Å². The lowest BCUT2D eigenvalue weighted by Crippen LogP contribution is -2.36. The molecule has 144 valence electrons. The summed E-state index contributed by atoms with van der Waals surface area (Å²) < 4.78 is 13.9. The Morgan fingerprint density at radius 1 is 1.21 bits per heavy atom. The van der Waals surface area contributed by atoms with E-state index in [2.05, 4.69) is 10.4 Å². The van der Waals surface area contributed by atoms with Crippen molar-refractivity contribution in [3.8, 4) is 0 Å². The van der Waals surface area contributed by atoms with Gasteiger partial charge >= 0.3 is 0 Å². The zero-order valence-electron chi connectivity index (χ0n) is 15.2.